The number of rotatable bonds is 5. The second-order valence-corrected chi connectivity index (χ2v) is 6.01. The van der Waals surface area contributed by atoms with Crippen molar-refractivity contribution in [2.75, 3.05) is 5.32 Å². The number of benzene rings is 2. The molecular weight excluding hydrogens is 331 g/mol. The zero-order valence-corrected chi connectivity index (χ0v) is 14.6. The minimum atomic E-state index is -0.390. The molecule has 0 aliphatic heterocycles. The predicted octanol–water partition coefficient (Wildman–Crippen LogP) is 3.91. The summed E-state index contributed by atoms with van der Waals surface area (Å²) in [7, 11) is 0. The molecule has 0 aliphatic rings. The molecule has 6 heteroatoms. The van der Waals surface area contributed by atoms with Crippen molar-refractivity contribution < 1.29 is 9.18 Å². The molecule has 0 atom stereocenters. The second kappa shape index (κ2) is 7.74. The van der Waals surface area contributed by atoms with Crippen LogP contribution in [0.1, 0.15) is 27.2 Å². The lowest BCUT2D eigenvalue weighted by molar-refractivity contribution is 0.0945. The third-order valence-electron chi connectivity index (χ3n) is 3.94. The molecule has 5 nitrogen and oxygen atoms in total. The smallest absolute Gasteiger partial charge is 0.270 e. The highest BCUT2D eigenvalue weighted by molar-refractivity contribution is 5.92. The number of nitrogens with zero attached hydrogens (tertiary/aromatic N) is 2. The van der Waals surface area contributed by atoms with E-state index in [4.69, 9.17) is 0 Å². The Balaban J connectivity index is 1.70. The first-order chi connectivity index (χ1) is 12.5. The van der Waals surface area contributed by atoms with Crippen LogP contribution in [-0.4, -0.2) is 15.9 Å². The van der Waals surface area contributed by atoms with Crippen LogP contribution in [0.3, 0.4) is 0 Å². The summed E-state index contributed by atoms with van der Waals surface area (Å²) in [6.07, 6.45) is 1.32. The maximum atomic E-state index is 13.6. The summed E-state index contributed by atoms with van der Waals surface area (Å²) < 4.78 is 13.6. The molecule has 3 rings (SSSR count). The van der Waals surface area contributed by atoms with Gasteiger partial charge in [-0.1, -0.05) is 35.9 Å². The molecule has 3 aromatic rings. The zero-order chi connectivity index (χ0) is 18.5. The number of aryl methyl sites for hydroxylation is 2. The summed E-state index contributed by atoms with van der Waals surface area (Å²) in [5.41, 5.74) is 3.79. The minimum absolute atomic E-state index is 0.0926. The molecule has 0 saturated heterocycles. The number of aromatic nitrogens is 2. The van der Waals surface area contributed by atoms with Gasteiger partial charge in [-0.3, -0.25) is 4.79 Å². The van der Waals surface area contributed by atoms with E-state index in [-0.39, 0.29) is 24.0 Å². The number of hydrogen-bond acceptors (Lipinski definition) is 4. The quantitative estimate of drug-likeness (QED) is 0.732. The fourth-order valence-electron chi connectivity index (χ4n) is 2.55. The van der Waals surface area contributed by atoms with E-state index in [1.54, 1.807) is 24.3 Å². The fraction of sp³-hybridized carbons (Fsp3) is 0.150. The normalized spacial score (nSPS) is 10.4. The van der Waals surface area contributed by atoms with Crippen LogP contribution < -0.4 is 10.6 Å². The summed E-state index contributed by atoms with van der Waals surface area (Å²) >= 11 is 0. The Labute approximate surface area is 151 Å². The fourth-order valence-corrected chi connectivity index (χ4v) is 2.55. The molecule has 0 bridgehead atoms. The van der Waals surface area contributed by atoms with Gasteiger partial charge in [0.25, 0.3) is 5.91 Å². The summed E-state index contributed by atoms with van der Waals surface area (Å²) in [6.45, 7) is 4.12. The van der Waals surface area contributed by atoms with Crippen LogP contribution in [-0.2, 0) is 6.54 Å². The van der Waals surface area contributed by atoms with E-state index in [0.29, 0.717) is 11.4 Å². The lowest BCUT2D eigenvalue weighted by atomic mass is 10.1. The molecule has 1 amide bonds. The lowest BCUT2D eigenvalue weighted by Crippen LogP contribution is -2.24. The maximum Gasteiger partial charge on any atom is 0.270 e. The molecule has 0 saturated carbocycles. The van der Waals surface area contributed by atoms with Crippen LogP contribution in [0, 0.1) is 19.7 Å². The summed E-state index contributed by atoms with van der Waals surface area (Å²) in [4.78, 5) is 20.4. The number of anilines is 2. The van der Waals surface area contributed by atoms with Crippen molar-refractivity contribution in [1.29, 1.82) is 0 Å². The van der Waals surface area contributed by atoms with Gasteiger partial charge in [0, 0.05) is 23.9 Å². The van der Waals surface area contributed by atoms with E-state index in [1.165, 1.54) is 18.0 Å². The van der Waals surface area contributed by atoms with Crippen LogP contribution in [0.15, 0.2) is 54.9 Å². The molecular formula is C20H19FN4O. The predicted molar refractivity (Wildman–Crippen MR) is 98.8 cm³/mol. The maximum absolute atomic E-state index is 13.6. The van der Waals surface area contributed by atoms with E-state index in [1.807, 2.05) is 26.0 Å². The first-order valence-corrected chi connectivity index (χ1v) is 8.21. The average molecular weight is 350 g/mol. The Kier molecular flexibility index (Phi) is 5.22. The van der Waals surface area contributed by atoms with Gasteiger partial charge in [-0.25, -0.2) is 14.4 Å². The van der Waals surface area contributed by atoms with E-state index in [0.717, 1.165) is 11.3 Å². The van der Waals surface area contributed by atoms with Gasteiger partial charge in [0.15, 0.2) is 0 Å². The topological polar surface area (TPSA) is 66.9 Å². The van der Waals surface area contributed by atoms with Gasteiger partial charge in [0.2, 0.25) is 0 Å². The molecule has 132 valence electrons. The van der Waals surface area contributed by atoms with Crippen molar-refractivity contribution in [3.63, 3.8) is 0 Å². The number of halogens is 1. The van der Waals surface area contributed by atoms with Crippen molar-refractivity contribution in [3.05, 3.63) is 83.1 Å². The summed E-state index contributed by atoms with van der Waals surface area (Å²) in [6, 6.07) is 13.9. The van der Waals surface area contributed by atoms with Crippen molar-refractivity contribution >= 4 is 17.4 Å². The Bertz CT molecular complexity index is 943. The average Bonchev–Trinajstić information content (AvgIpc) is 2.63. The molecule has 1 aromatic heterocycles. The van der Waals surface area contributed by atoms with Gasteiger partial charge in [-0.15, -0.1) is 0 Å². The minimum Gasteiger partial charge on any atom is -0.347 e. The second-order valence-electron chi connectivity index (χ2n) is 6.01. The van der Waals surface area contributed by atoms with Crippen molar-refractivity contribution in [3.8, 4) is 0 Å². The van der Waals surface area contributed by atoms with Gasteiger partial charge in [0.1, 0.15) is 23.7 Å². The Hall–Kier alpha value is -3.28. The molecule has 1 heterocycles. The highest BCUT2D eigenvalue weighted by atomic mass is 19.1. The van der Waals surface area contributed by atoms with Crippen molar-refractivity contribution in [2.45, 2.75) is 20.4 Å². The van der Waals surface area contributed by atoms with Gasteiger partial charge in [0.05, 0.1) is 0 Å². The number of hydrogen-bond donors (Lipinski definition) is 2. The van der Waals surface area contributed by atoms with Crippen LogP contribution in [0.4, 0.5) is 15.9 Å². The molecule has 2 aromatic carbocycles. The third-order valence-corrected chi connectivity index (χ3v) is 3.94. The van der Waals surface area contributed by atoms with E-state index >= 15 is 0 Å². The Morgan fingerprint density at radius 2 is 1.88 bits per heavy atom. The highest BCUT2D eigenvalue weighted by Gasteiger charge is 2.10. The number of carbonyl (C=O) groups is 1. The molecule has 0 unspecified atom stereocenters. The molecule has 0 fully saturated rings. The van der Waals surface area contributed by atoms with Gasteiger partial charge >= 0.3 is 0 Å². The zero-order valence-electron chi connectivity index (χ0n) is 14.6. The van der Waals surface area contributed by atoms with Crippen molar-refractivity contribution in [1.82, 2.24) is 15.3 Å². The van der Waals surface area contributed by atoms with Gasteiger partial charge < -0.3 is 10.6 Å². The van der Waals surface area contributed by atoms with Crippen LogP contribution in [0.2, 0.25) is 0 Å². The SMILES string of the molecule is Cc1ccc(Nc2cc(C(=O)NCc3ccccc3F)ncn2)c(C)c1. The van der Waals surface area contributed by atoms with Gasteiger partial charge in [-0.05, 0) is 31.5 Å². The van der Waals surface area contributed by atoms with E-state index in [9.17, 15) is 9.18 Å². The number of carbonyl (C=O) groups excluding carboxylic acids is 1. The van der Waals surface area contributed by atoms with Crippen LogP contribution in [0.5, 0.6) is 0 Å². The standard InChI is InChI=1S/C20H19FN4O/c1-13-7-8-17(14(2)9-13)25-19-10-18(23-12-24-19)20(26)22-11-15-5-3-4-6-16(15)21/h3-10,12H,11H2,1-2H3,(H,22,26)(H,23,24,25). The third kappa shape index (κ3) is 4.22. The summed E-state index contributed by atoms with van der Waals surface area (Å²) in [5, 5.41) is 5.86. The van der Waals surface area contributed by atoms with Crippen molar-refractivity contribution in [2.24, 2.45) is 0 Å². The van der Waals surface area contributed by atoms with Gasteiger partial charge in [-0.2, -0.15) is 0 Å². The van der Waals surface area contributed by atoms with E-state index < -0.39 is 0 Å². The Morgan fingerprint density at radius 1 is 1.08 bits per heavy atom. The molecule has 2 N–H and O–H groups in total. The first kappa shape index (κ1) is 17.5. The molecule has 26 heavy (non-hydrogen) atoms. The molecule has 0 spiro atoms. The van der Waals surface area contributed by atoms with Crippen LogP contribution in [0.25, 0.3) is 0 Å². The molecule has 0 aliphatic carbocycles. The highest BCUT2D eigenvalue weighted by Crippen LogP contribution is 2.20. The number of nitrogens with one attached hydrogen (secondary N) is 2. The first-order valence-electron chi connectivity index (χ1n) is 8.21. The van der Waals surface area contributed by atoms with Crippen LogP contribution >= 0.6 is 0 Å². The monoisotopic (exact) mass is 350 g/mol. The lowest BCUT2D eigenvalue weighted by Gasteiger charge is -2.10. The largest absolute Gasteiger partial charge is 0.347 e. The molecule has 0 radical (unpaired) electrons. The van der Waals surface area contributed by atoms with E-state index in [2.05, 4.69) is 26.7 Å². The Morgan fingerprint density at radius 3 is 2.65 bits per heavy atom. The number of amides is 1. The summed E-state index contributed by atoms with van der Waals surface area (Å²) in [5.74, 6) is -0.227.